The van der Waals surface area contributed by atoms with Gasteiger partial charge in [0.15, 0.2) is 11.2 Å². The molecule has 0 bridgehead atoms. The maximum atomic E-state index is 5.85. The number of oxazole rings is 2. The van der Waals surface area contributed by atoms with Gasteiger partial charge in [-0.1, -0.05) is 0 Å². The number of methoxy groups -OCH3 is 2. The third-order valence-corrected chi connectivity index (χ3v) is 4.57. The highest BCUT2D eigenvalue weighted by Gasteiger charge is 2.12. The van der Waals surface area contributed by atoms with E-state index in [1.54, 1.807) is 14.2 Å². The molecule has 0 atom stereocenters. The van der Waals surface area contributed by atoms with Crippen LogP contribution in [0.15, 0.2) is 69.5 Å². The number of hydrogen-bond donors (Lipinski definition) is 0. The standard InChI is InChI=1S/C22H16N2O4/c1-25-15-7-9-19-17(11-15)23-21(27-19)13-3-5-14(6-4-13)22-24-18-12-16(26-2)8-10-20(18)28-22/h3-12H,1-2H3. The summed E-state index contributed by atoms with van der Waals surface area (Å²) in [6.07, 6.45) is 0. The lowest BCUT2D eigenvalue weighted by Crippen LogP contribution is -1.82. The van der Waals surface area contributed by atoms with Crippen molar-refractivity contribution in [3.63, 3.8) is 0 Å². The Balaban J connectivity index is 1.48. The first-order valence-corrected chi connectivity index (χ1v) is 8.73. The fourth-order valence-electron chi connectivity index (χ4n) is 3.07. The quantitative estimate of drug-likeness (QED) is 0.425. The van der Waals surface area contributed by atoms with Gasteiger partial charge in [-0.2, -0.15) is 0 Å². The number of rotatable bonds is 4. The first-order chi connectivity index (χ1) is 13.7. The normalized spacial score (nSPS) is 11.2. The lowest BCUT2D eigenvalue weighted by molar-refractivity contribution is 0.415. The Kier molecular flexibility index (Phi) is 3.76. The van der Waals surface area contributed by atoms with Crippen LogP contribution >= 0.6 is 0 Å². The van der Waals surface area contributed by atoms with Gasteiger partial charge in [-0.3, -0.25) is 0 Å². The number of nitrogens with zero attached hydrogens (tertiary/aromatic N) is 2. The van der Waals surface area contributed by atoms with Crippen molar-refractivity contribution in [3.05, 3.63) is 60.7 Å². The molecule has 0 aliphatic rings. The van der Waals surface area contributed by atoms with E-state index in [1.165, 1.54) is 0 Å². The molecular weight excluding hydrogens is 356 g/mol. The summed E-state index contributed by atoms with van der Waals surface area (Å²) in [5, 5.41) is 0. The average Bonchev–Trinajstić information content (AvgIpc) is 3.36. The molecule has 138 valence electrons. The van der Waals surface area contributed by atoms with Crippen LogP contribution in [0, 0.1) is 0 Å². The lowest BCUT2D eigenvalue weighted by atomic mass is 10.1. The maximum Gasteiger partial charge on any atom is 0.227 e. The zero-order valence-corrected chi connectivity index (χ0v) is 15.3. The molecule has 6 nitrogen and oxygen atoms in total. The number of aromatic nitrogens is 2. The molecule has 0 saturated carbocycles. The Morgan fingerprint density at radius 2 is 1.04 bits per heavy atom. The van der Waals surface area contributed by atoms with Crippen molar-refractivity contribution in [1.29, 1.82) is 0 Å². The number of fused-ring (bicyclic) bond motifs is 2. The largest absolute Gasteiger partial charge is 0.497 e. The molecule has 2 heterocycles. The van der Waals surface area contributed by atoms with Crippen LogP contribution in [-0.2, 0) is 0 Å². The second kappa shape index (κ2) is 6.42. The Morgan fingerprint density at radius 1 is 0.607 bits per heavy atom. The van der Waals surface area contributed by atoms with Gasteiger partial charge in [-0.05, 0) is 48.5 Å². The molecule has 3 aromatic carbocycles. The molecule has 6 heteroatoms. The van der Waals surface area contributed by atoms with Gasteiger partial charge in [0.25, 0.3) is 0 Å². The van der Waals surface area contributed by atoms with Crippen molar-refractivity contribution in [1.82, 2.24) is 9.97 Å². The summed E-state index contributed by atoms with van der Waals surface area (Å²) in [6.45, 7) is 0. The molecule has 0 aliphatic heterocycles. The first kappa shape index (κ1) is 16.4. The lowest BCUT2D eigenvalue weighted by Gasteiger charge is -1.97. The Labute approximate surface area is 160 Å². The van der Waals surface area contributed by atoms with E-state index >= 15 is 0 Å². The van der Waals surface area contributed by atoms with Gasteiger partial charge in [0.2, 0.25) is 11.8 Å². The van der Waals surface area contributed by atoms with Crippen LogP contribution in [0.5, 0.6) is 11.5 Å². The van der Waals surface area contributed by atoms with Crippen LogP contribution in [0.25, 0.3) is 45.1 Å². The predicted molar refractivity (Wildman–Crippen MR) is 106 cm³/mol. The van der Waals surface area contributed by atoms with Crippen LogP contribution in [-0.4, -0.2) is 24.2 Å². The van der Waals surface area contributed by atoms with E-state index in [-0.39, 0.29) is 0 Å². The van der Waals surface area contributed by atoms with Crippen molar-refractivity contribution >= 4 is 22.2 Å². The molecule has 0 amide bonds. The fraction of sp³-hybridized carbons (Fsp3) is 0.0909. The first-order valence-electron chi connectivity index (χ1n) is 8.73. The number of ether oxygens (including phenoxy) is 2. The molecule has 2 aromatic heterocycles. The van der Waals surface area contributed by atoms with Crippen molar-refractivity contribution in [2.45, 2.75) is 0 Å². The topological polar surface area (TPSA) is 70.5 Å². The van der Waals surface area contributed by atoms with Gasteiger partial charge in [0.1, 0.15) is 22.5 Å². The second-order valence-corrected chi connectivity index (χ2v) is 6.28. The van der Waals surface area contributed by atoms with Gasteiger partial charge in [-0.15, -0.1) is 0 Å². The van der Waals surface area contributed by atoms with E-state index in [0.29, 0.717) is 22.9 Å². The van der Waals surface area contributed by atoms with E-state index in [4.69, 9.17) is 18.3 Å². The highest BCUT2D eigenvalue weighted by atomic mass is 16.5. The van der Waals surface area contributed by atoms with E-state index < -0.39 is 0 Å². The zero-order valence-electron chi connectivity index (χ0n) is 15.3. The molecule has 0 aliphatic carbocycles. The monoisotopic (exact) mass is 372 g/mol. The minimum absolute atomic E-state index is 0.553. The van der Waals surface area contributed by atoms with Crippen LogP contribution in [0.1, 0.15) is 0 Å². The molecular formula is C22H16N2O4. The molecule has 0 radical (unpaired) electrons. The summed E-state index contributed by atoms with van der Waals surface area (Å²) in [5.41, 5.74) is 4.69. The zero-order chi connectivity index (χ0) is 19.1. The van der Waals surface area contributed by atoms with Crippen molar-refractivity contribution < 1.29 is 18.3 Å². The van der Waals surface area contributed by atoms with Crippen LogP contribution in [0.4, 0.5) is 0 Å². The van der Waals surface area contributed by atoms with Crippen molar-refractivity contribution in [2.24, 2.45) is 0 Å². The highest BCUT2D eigenvalue weighted by molar-refractivity contribution is 5.79. The van der Waals surface area contributed by atoms with Gasteiger partial charge >= 0.3 is 0 Å². The predicted octanol–water partition coefficient (Wildman–Crippen LogP) is 5.32. The minimum Gasteiger partial charge on any atom is -0.497 e. The summed E-state index contributed by atoms with van der Waals surface area (Å²) in [6, 6.07) is 18.9. The molecule has 5 rings (SSSR count). The Hall–Kier alpha value is -3.80. The maximum absolute atomic E-state index is 5.85. The molecule has 0 saturated heterocycles. The van der Waals surface area contributed by atoms with Gasteiger partial charge in [0.05, 0.1) is 14.2 Å². The summed E-state index contributed by atoms with van der Waals surface area (Å²) in [5.74, 6) is 2.60. The second-order valence-electron chi connectivity index (χ2n) is 6.28. The molecule has 5 aromatic rings. The highest BCUT2D eigenvalue weighted by Crippen LogP contribution is 2.30. The fourth-order valence-corrected chi connectivity index (χ4v) is 3.07. The van der Waals surface area contributed by atoms with Crippen LogP contribution in [0.3, 0.4) is 0 Å². The third kappa shape index (κ3) is 2.75. The van der Waals surface area contributed by atoms with Gasteiger partial charge in [0, 0.05) is 23.3 Å². The van der Waals surface area contributed by atoms with Crippen LogP contribution < -0.4 is 9.47 Å². The Bertz CT molecular complexity index is 1180. The Morgan fingerprint density at radius 3 is 1.43 bits per heavy atom. The summed E-state index contributed by atoms with van der Waals surface area (Å²) in [7, 11) is 3.26. The SMILES string of the molecule is COc1ccc2oc(-c3ccc(-c4nc5cc(OC)ccc5o4)cc3)nc2c1. The number of benzene rings is 3. The van der Waals surface area contributed by atoms with E-state index in [2.05, 4.69) is 9.97 Å². The number of hydrogen-bond acceptors (Lipinski definition) is 6. The molecule has 0 unspecified atom stereocenters. The summed E-state index contributed by atoms with van der Waals surface area (Å²) in [4.78, 5) is 9.10. The van der Waals surface area contributed by atoms with E-state index in [0.717, 1.165) is 33.7 Å². The molecule has 0 spiro atoms. The summed E-state index contributed by atoms with van der Waals surface area (Å²) >= 11 is 0. The molecule has 0 fully saturated rings. The summed E-state index contributed by atoms with van der Waals surface area (Å²) < 4.78 is 22.2. The molecule has 28 heavy (non-hydrogen) atoms. The van der Waals surface area contributed by atoms with E-state index in [1.807, 2.05) is 60.7 Å². The van der Waals surface area contributed by atoms with E-state index in [9.17, 15) is 0 Å². The van der Waals surface area contributed by atoms with Gasteiger partial charge < -0.3 is 18.3 Å². The van der Waals surface area contributed by atoms with Crippen molar-refractivity contribution in [2.75, 3.05) is 14.2 Å². The van der Waals surface area contributed by atoms with Gasteiger partial charge in [-0.25, -0.2) is 9.97 Å². The smallest absolute Gasteiger partial charge is 0.227 e. The molecule has 0 N–H and O–H groups in total. The van der Waals surface area contributed by atoms with Crippen molar-refractivity contribution in [3.8, 4) is 34.4 Å². The van der Waals surface area contributed by atoms with Crippen LogP contribution in [0.2, 0.25) is 0 Å². The minimum atomic E-state index is 0.553. The average molecular weight is 372 g/mol. The third-order valence-electron chi connectivity index (χ3n) is 4.57.